The fourth-order valence-electron chi connectivity index (χ4n) is 1.80. The van der Waals surface area contributed by atoms with Crippen molar-refractivity contribution in [2.75, 3.05) is 0 Å². The number of hydrogen-bond acceptors (Lipinski definition) is 2. The first kappa shape index (κ1) is 16.1. The Kier molecular flexibility index (Phi) is 3.98. The van der Waals surface area contributed by atoms with Gasteiger partial charge >= 0.3 is 6.18 Å². The van der Waals surface area contributed by atoms with E-state index in [9.17, 15) is 18.3 Å². The van der Waals surface area contributed by atoms with Crippen LogP contribution < -0.4 is 0 Å². The molecule has 0 aliphatic rings. The summed E-state index contributed by atoms with van der Waals surface area (Å²) in [4.78, 5) is 0. The zero-order valence-corrected chi connectivity index (χ0v) is 13.8. The van der Waals surface area contributed by atoms with Crippen molar-refractivity contribution in [2.24, 2.45) is 0 Å². The Labute approximate surface area is 133 Å². The first-order valence-corrected chi connectivity index (χ1v) is 7.24. The first-order chi connectivity index (χ1) is 9.50. The number of nitrogens with zero attached hydrogens (tertiary/aromatic N) is 2. The van der Waals surface area contributed by atoms with Crippen molar-refractivity contribution in [3.05, 3.63) is 39.2 Å². The van der Waals surface area contributed by atoms with E-state index in [0.29, 0.717) is 3.57 Å². The third-order valence-electron chi connectivity index (χ3n) is 3.04. The second-order valence-corrected chi connectivity index (χ2v) is 6.88. The molecule has 0 aliphatic carbocycles. The summed E-state index contributed by atoms with van der Waals surface area (Å²) < 4.78 is 39.5. The number of rotatable bonds is 1. The first-order valence-electron chi connectivity index (χ1n) is 6.16. The number of alkyl halides is 3. The van der Waals surface area contributed by atoms with Gasteiger partial charge in [-0.2, -0.15) is 18.3 Å². The number of phenols is 1. The Hall–Kier alpha value is -1.25. The van der Waals surface area contributed by atoms with E-state index < -0.39 is 11.9 Å². The predicted octanol–water partition coefficient (Wildman–Crippen LogP) is 4.50. The molecule has 1 aromatic heterocycles. The van der Waals surface area contributed by atoms with Crippen LogP contribution in [0.4, 0.5) is 13.2 Å². The second kappa shape index (κ2) is 5.19. The molecule has 0 amide bonds. The van der Waals surface area contributed by atoms with Gasteiger partial charge in [0.25, 0.3) is 0 Å². The van der Waals surface area contributed by atoms with Gasteiger partial charge < -0.3 is 5.11 Å². The van der Waals surface area contributed by atoms with Crippen molar-refractivity contribution in [2.45, 2.75) is 32.4 Å². The van der Waals surface area contributed by atoms with E-state index in [2.05, 4.69) is 5.10 Å². The lowest BCUT2D eigenvalue weighted by atomic mass is 9.87. The molecule has 7 heteroatoms. The van der Waals surface area contributed by atoms with E-state index in [1.165, 1.54) is 6.20 Å². The normalized spacial score (nSPS) is 12.7. The molecule has 2 aromatic rings. The molecule has 3 nitrogen and oxygen atoms in total. The summed E-state index contributed by atoms with van der Waals surface area (Å²) in [5.41, 5.74) is -0.0355. The molecule has 0 fully saturated rings. The molecule has 0 radical (unpaired) electrons. The average molecular weight is 410 g/mol. The summed E-state index contributed by atoms with van der Waals surface area (Å²) in [6.07, 6.45) is -3.31. The van der Waals surface area contributed by atoms with Gasteiger partial charge in [-0.1, -0.05) is 20.8 Å². The summed E-state index contributed by atoms with van der Waals surface area (Å²) in [6, 6.07) is 4.36. The highest BCUT2D eigenvalue weighted by atomic mass is 127. The SMILES string of the molecule is CC(C)(C)c1cc(I)c(O)c(-n2ccc(C(F)(F)F)n2)c1. The molecule has 0 bridgehead atoms. The Morgan fingerprint density at radius 1 is 1.19 bits per heavy atom. The van der Waals surface area contributed by atoms with E-state index in [1.807, 2.05) is 49.4 Å². The summed E-state index contributed by atoms with van der Waals surface area (Å²) in [5.74, 6) is -0.0829. The van der Waals surface area contributed by atoms with Crippen LogP contribution in [0.3, 0.4) is 0 Å². The molecule has 114 valence electrons. The topological polar surface area (TPSA) is 38.0 Å². The minimum Gasteiger partial charge on any atom is -0.505 e. The van der Waals surface area contributed by atoms with E-state index in [-0.39, 0.29) is 16.9 Å². The predicted molar refractivity (Wildman–Crippen MR) is 81.6 cm³/mol. The number of phenolic OH excluding ortho intramolecular Hbond substituents is 1. The summed E-state index contributed by atoms with van der Waals surface area (Å²) in [5, 5.41) is 13.6. The van der Waals surface area contributed by atoms with E-state index in [0.717, 1.165) is 16.3 Å². The van der Waals surface area contributed by atoms with Gasteiger partial charge in [0.05, 0.1) is 3.57 Å². The highest BCUT2D eigenvalue weighted by Gasteiger charge is 2.34. The molecule has 1 aromatic carbocycles. The van der Waals surface area contributed by atoms with Gasteiger partial charge in [0, 0.05) is 6.20 Å². The van der Waals surface area contributed by atoms with Crippen molar-refractivity contribution in [3.63, 3.8) is 0 Å². The zero-order chi connectivity index (χ0) is 16.0. The van der Waals surface area contributed by atoms with E-state index >= 15 is 0 Å². The van der Waals surface area contributed by atoms with Crippen LogP contribution in [0.15, 0.2) is 24.4 Å². The van der Waals surface area contributed by atoms with Crippen LogP contribution in [0.25, 0.3) is 5.69 Å². The van der Waals surface area contributed by atoms with Crippen LogP contribution in [0.5, 0.6) is 5.75 Å². The van der Waals surface area contributed by atoms with Crippen molar-refractivity contribution >= 4 is 22.6 Å². The fraction of sp³-hybridized carbons (Fsp3) is 0.357. The molecule has 0 aliphatic heterocycles. The summed E-state index contributed by atoms with van der Waals surface area (Å²) >= 11 is 1.95. The lowest BCUT2D eigenvalue weighted by molar-refractivity contribution is -0.141. The Bertz CT molecular complexity index is 672. The third kappa shape index (κ3) is 3.33. The minimum atomic E-state index is -4.50. The maximum Gasteiger partial charge on any atom is 0.435 e. The van der Waals surface area contributed by atoms with Crippen molar-refractivity contribution in [1.82, 2.24) is 9.78 Å². The largest absolute Gasteiger partial charge is 0.505 e. The number of halogens is 4. The highest BCUT2D eigenvalue weighted by Crippen LogP contribution is 2.35. The smallest absolute Gasteiger partial charge is 0.435 e. The zero-order valence-electron chi connectivity index (χ0n) is 11.7. The lowest BCUT2D eigenvalue weighted by Gasteiger charge is -2.21. The second-order valence-electron chi connectivity index (χ2n) is 5.72. The average Bonchev–Trinajstić information content (AvgIpc) is 2.80. The summed E-state index contributed by atoms with van der Waals surface area (Å²) in [6.45, 7) is 5.97. The Balaban J connectivity index is 2.58. The number of aromatic hydroxyl groups is 1. The molecule has 0 atom stereocenters. The molecule has 0 saturated heterocycles. The molecular formula is C14H14F3IN2O. The maximum atomic E-state index is 12.6. The molecule has 21 heavy (non-hydrogen) atoms. The van der Waals surface area contributed by atoms with Gasteiger partial charge in [0.15, 0.2) is 11.4 Å². The van der Waals surface area contributed by atoms with E-state index in [4.69, 9.17) is 0 Å². The van der Waals surface area contributed by atoms with Crippen LogP contribution in [-0.4, -0.2) is 14.9 Å². The van der Waals surface area contributed by atoms with Crippen molar-refractivity contribution < 1.29 is 18.3 Å². The van der Waals surface area contributed by atoms with Crippen molar-refractivity contribution in [1.29, 1.82) is 0 Å². The number of benzene rings is 1. The Morgan fingerprint density at radius 2 is 1.81 bits per heavy atom. The van der Waals surface area contributed by atoms with Crippen molar-refractivity contribution in [3.8, 4) is 11.4 Å². The molecule has 1 N–H and O–H groups in total. The number of aromatic nitrogens is 2. The molecular weight excluding hydrogens is 396 g/mol. The molecule has 1 heterocycles. The molecule has 0 unspecified atom stereocenters. The van der Waals surface area contributed by atoms with Crippen LogP contribution >= 0.6 is 22.6 Å². The molecule has 0 spiro atoms. The van der Waals surface area contributed by atoms with E-state index in [1.54, 1.807) is 6.07 Å². The Morgan fingerprint density at radius 3 is 2.29 bits per heavy atom. The molecule has 2 rings (SSSR count). The van der Waals surface area contributed by atoms with Crippen LogP contribution in [-0.2, 0) is 11.6 Å². The van der Waals surface area contributed by atoms with Gasteiger partial charge in [-0.15, -0.1) is 0 Å². The van der Waals surface area contributed by atoms with Gasteiger partial charge in [-0.25, -0.2) is 4.68 Å². The van der Waals surface area contributed by atoms with Crippen LogP contribution in [0, 0.1) is 3.57 Å². The monoisotopic (exact) mass is 410 g/mol. The van der Waals surface area contributed by atoms with Crippen LogP contribution in [0.2, 0.25) is 0 Å². The van der Waals surface area contributed by atoms with Crippen LogP contribution in [0.1, 0.15) is 32.0 Å². The fourth-order valence-corrected chi connectivity index (χ4v) is 2.41. The maximum absolute atomic E-state index is 12.6. The van der Waals surface area contributed by atoms with Gasteiger partial charge in [-0.3, -0.25) is 0 Å². The number of hydrogen-bond donors (Lipinski definition) is 1. The quantitative estimate of drug-likeness (QED) is 0.704. The third-order valence-corrected chi connectivity index (χ3v) is 3.86. The van der Waals surface area contributed by atoms with Gasteiger partial charge in [0.1, 0.15) is 5.69 Å². The summed E-state index contributed by atoms with van der Waals surface area (Å²) in [7, 11) is 0. The highest BCUT2D eigenvalue weighted by molar-refractivity contribution is 14.1. The minimum absolute atomic E-state index is 0.0829. The van der Waals surface area contributed by atoms with Gasteiger partial charge in [-0.05, 0) is 51.8 Å². The standard InChI is InChI=1S/C14H14F3IN2O/c1-13(2,3)8-6-9(18)12(21)10(7-8)20-5-4-11(19-20)14(15,16)17/h4-7,21H,1-3H3. The van der Waals surface area contributed by atoms with Gasteiger partial charge in [0.2, 0.25) is 0 Å². The molecule has 0 saturated carbocycles. The lowest BCUT2D eigenvalue weighted by Crippen LogP contribution is -2.13.